The SMILES string of the molecule is Cc1nn(CC(C)C)c(C)c1CC(=O)Nc1ccc(Cl)cc1-n1cccc1. The Balaban J connectivity index is 1.81. The van der Waals surface area contributed by atoms with Crippen LogP contribution >= 0.6 is 11.6 Å². The zero-order valence-electron chi connectivity index (χ0n) is 16.2. The van der Waals surface area contributed by atoms with E-state index in [0.29, 0.717) is 17.4 Å². The van der Waals surface area contributed by atoms with Crippen molar-refractivity contribution in [2.24, 2.45) is 5.92 Å². The molecule has 3 rings (SSSR count). The molecule has 1 amide bonds. The average Bonchev–Trinajstić information content (AvgIpc) is 3.21. The Hall–Kier alpha value is -2.53. The van der Waals surface area contributed by atoms with Crippen molar-refractivity contribution in [1.82, 2.24) is 14.3 Å². The van der Waals surface area contributed by atoms with Crippen LogP contribution in [0.25, 0.3) is 5.69 Å². The van der Waals surface area contributed by atoms with Crippen LogP contribution in [0.3, 0.4) is 0 Å². The average molecular weight is 385 g/mol. The summed E-state index contributed by atoms with van der Waals surface area (Å²) in [5, 5.41) is 8.24. The number of anilines is 1. The molecule has 0 saturated heterocycles. The molecule has 0 saturated carbocycles. The Morgan fingerprint density at radius 1 is 1.22 bits per heavy atom. The fourth-order valence-electron chi connectivity index (χ4n) is 3.19. The van der Waals surface area contributed by atoms with Gasteiger partial charge in [0.25, 0.3) is 0 Å². The summed E-state index contributed by atoms with van der Waals surface area (Å²) >= 11 is 6.15. The summed E-state index contributed by atoms with van der Waals surface area (Å²) in [4.78, 5) is 12.7. The van der Waals surface area contributed by atoms with Crippen LogP contribution < -0.4 is 5.32 Å². The fourth-order valence-corrected chi connectivity index (χ4v) is 3.35. The van der Waals surface area contributed by atoms with E-state index in [2.05, 4.69) is 24.3 Å². The van der Waals surface area contributed by atoms with Crippen LogP contribution in [0.15, 0.2) is 42.7 Å². The number of carbonyl (C=O) groups is 1. The lowest BCUT2D eigenvalue weighted by Gasteiger charge is -2.13. The molecule has 2 heterocycles. The van der Waals surface area contributed by atoms with Crippen molar-refractivity contribution in [3.8, 4) is 5.69 Å². The van der Waals surface area contributed by atoms with Crippen LogP contribution in [0.1, 0.15) is 30.8 Å². The molecule has 5 nitrogen and oxygen atoms in total. The standard InChI is InChI=1S/C21H25ClN4O/c1-14(2)13-26-16(4)18(15(3)24-26)12-21(27)23-19-8-7-17(22)11-20(19)25-9-5-6-10-25/h5-11,14H,12-13H2,1-4H3,(H,23,27). The van der Waals surface area contributed by atoms with Gasteiger partial charge in [-0.25, -0.2) is 0 Å². The van der Waals surface area contributed by atoms with E-state index in [-0.39, 0.29) is 5.91 Å². The monoisotopic (exact) mass is 384 g/mol. The first-order valence-corrected chi connectivity index (χ1v) is 9.48. The van der Waals surface area contributed by atoms with Crippen LogP contribution in [0.4, 0.5) is 5.69 Å². The largest absolute Gasteiger partial charge is 0.324 e. The van der Waals surface area contributed by atoms with Gasteiger partial charge in [0, 0.05) is 35.2 Å². The molecular weight excluding hydrogens is 360 g/mol. The second-order valence-corrected chi connectivity index (χ2v) is 7.64. The molecule has 0 aliphatic carbocycles. The van der Waals surface area contributed by atoms with Crippen LogP contribution in [0, 0.1) is 19.8 Å². The first kappa shape index (κ1) is 19.2. The van der Waals surface area contributed by atoms with Gasteiger partial charge in [-0.2, -0.15) is 5.10 Å². The fraction of sp³-hybridized carbons (Fsp3) is 0.333. The molecule has 0 atom stereocenters. The topological polar surface area (TPSA) is 51.9 Å². The second-order valence-electron chi connectivity index (χ2n) is 7.20. The minimum atomic E-state index is -0.0685. The zero-order valence-corrected chi connectivity index (χ0v) is 16.9. The van der Waals surface area contributed by atoms with Crippen LogP contribution in [0.5, 0.6) is 0 Å². The molecule has 0 aliphatic heterocycles. The molecule has 1 N–H and O–H groups in total. The highest BCUT2D eigenvalue weighted by Crippen LogP contribution is 2.25. The molecule has 0 radical (unpaired) electrons. The molecule has 2 aromatic heterocycles. The zero-order chi connectivity index (χ0) is 19.6. The third-order valence-electron chi connectivity index (χ3n) is 4.52. The van der Waals surface area contributed by atoms with Crippen molar-refractivity contribution in [1.29, 1.82) is 0 Å². The number of amides is 1. The van der Waals surface area contributed by atoms with E-state index in [4.69, 9.17) is 11.6 Å². The maximum atomic E-state index is 12.7. The van der Waals surface area contributed by atoms with Crippen LogP contribution in [0.2, 0.25) is 5.02 Å². The molecule has 0 fully saturated rings. The number of aryl methyl sites for hydroxylation is 1. The van der Waals surface area contributed by atoms with Gasteiger partial charge in [-0.15, -0.1) is 0 Å². The Bertz CT molecular complexity index is 941. The number of hydrogen-bond donors (Lipinski definition) is 1. The van der Waals surface area contributed by atoms with Crippen molar-refractivity contribution < 1.29 is 4.79 Å². The third kappa shape index (κ3) is 4.42. The van der Waals surface area contributed by atoms with E-state index < -0.39 is 0 Å². The lowest BCUT2D eigenvalue weighted by molar-refractivity contribution is -0.115. The summed E-state index contributed by atoms with van der Waals surface area (Å²) in [6.45, 7) is 9.15. The number of nitrogens with zero attached hydrogens (tertiary/aromatic N) is 3. The third-order valence-corrected chi connectivity index (χ3v) is 4.76. The smallest absolute Gasteiger partial charge is 0.228 e. The molecule has 142 valence electrons. The van der Waals surface area contributed by atoms with Crippen molar-refractivity contribution in [2.45, 2.75) is 40.7 Å². The highest BCUT2D eigenvalue weighted by atomic mass is 35.5. The van der Waals surface area contributed by atoms with E-state index >= 15 is 0 Å². The second kappa shape index (κ2) is 8.01. The number of carbonyl (C=O) groups excluding carboxylic acids is 1. The maximum absolute atomic E-state index is 12.7. The van der Waals surface area contributed by atoms with E-state index in [9.17, 15) is 4.79 Å². The molecule has 0 spiro atoms. The molecule has 0 aliphatic rings. The summed E-state index contributed by atoms with van der Waals surface area (Å²) in [7, 11) is 0. The minimum absolute atomic E-state index is 0.0685. The summed E-state index contributed by atoms with van der Waals surface area (Å²) in [5.41, 5.74) is 4.52. The molecule has 0 unspecified atom stereocenters. The van der Waals surface area contributed by atoms with E-state index in [1.807, 2.05) is 59.8 Å². The van der Waals surface area contributed by atoms with E-state index in [0.717, 1.165) is 34.9 Å². The number of nitrogens with one attached hydrogen (secondary N) is 1. The molecule has 3 aromatic rings. The van der Waals surface area contributed by atoms with Gasteiger partial charge in [-0.3, -0.25) is 9.48 Å². The van der Waals surface area contributed by atoms with Gasteiger partial charge in [-0.05, 0) is 50.1 Å². The normalized spacial score (nSPS) is 11.2. The highest BCUT2D eigenvalue weighted by molar-refractivity contribution is 6.30. The summed E-state index contributed by atoms with van der Waals surface area (Å²) in [6, 6.07) is 9.32. The molecular formula is C21H25ClN4O. The van der Waals surface area contributed by atoms with E-state index in [1.54, 1.807) is 6.07 Å². The predicted molar refractivity (Wildman–Crippen MR) is 110 cm³/mol. The number of rotatable bonds is 6. The first-order valence-electron chi connectivity index (χ1n) is 9.10. The van der Waals surface area contributed by atoms with Crippen LogP contribution in [-0.4, -0.2) is 20.3 Å². The Morgan fingerprint density at radius 2 is 1.93 bits per heavy atom. The Labute approximate surface area is 165 Å². The number of hydrogen-bond acceptors (Lipinski definition) is 2. The number of benzene rings is 1. The van der Waals surface area contributed by atoms with E-state index in [1.165, 1.54) is 0 Å². The Morgan fingerprint density at radius 3 is 2.59 bits per heavy atom. The quantitative estimate of drug-likeness (QED) is 0.664. The minimum Gasteiger partial charge on any atom is -0.324 e. The molecule has 0 bridgehead atoms. The van der Waals surface area contributed by atoms with Crippen LogP contribution in [-0.2, 0) is 17.8 Å². The number of aromatic nitrogens is 3. The van der Waals surface area contributed by atoms with Gasteiger partial charge in [0.1, 0.15) is 0 Å². The van der Waals surface area contributed by atoms with Gasteiger partial charge in [-0.1, -0.05) is 25.4 Å². The maximum Gasteiger partial charge on any atom is 0.228 e. The Kier molecular flexibility index (Phi) is 5.71. The molecule has 1 aromatic carbocycles. The summed E-state index contributed by atoms with van der Waals surface area (Å²) in [6.07, 6.45) is 4.14. The van der Waals surface area contributed by atoms with Gasteiger partial charge < -0.3 is 9.88 Å². The van der Waals surface area contributed by atoms with Gasteiger partial charge in [0.2, 0.25) is 5.91 Å². The summed E-state index contributed by atoms with van der Waals surface area (Å²) < 4.78 is 3.93. The van der Waals surface area contributed by atoms with Crippen molar-refractivity contribution >= 4 is 23.2 Å². The summed E-state index contributed by atoms with van der Waals surface area (Å²) in [5.74, 6) is 0.434. The van der Waals surface area contributed by atoms with Crippen molar-refractivity contribution in [3.63, 3.8) is 0 Å². The van der Waals surface area contributed by atoms with Gasteiger partial charge >= 0.3 is 0 Å². The van der Waals surface area contributed by atoms with Gasteiger partial charge in [0.15, 0.2) is 0 Å². The first-order chi connectivity index (χ1) is 12.8. The van der Waals surface area contributed by atoms with Gasteiger partial charge in [0.05, 0.1) is 23.5 Å². The lowest BCUT2D eigenvalue weighted by atomic mass is 10.1. The highest BCUT2D eigenvalue weighted by Gasteiger charge is 2.17. The van der Waals surface area contributed by atoms with Crippen molar-refractivity contribution in [2.75, 3.05) is 5.32 Å². The predicted octanol–water partition coefficient (Wildman–Crippen LogP) is 4.78. The molecule has 27 heavy (non-hydrogen) atoms. The lowest BCUT2D eigenvalue weighted by Crippen LogP contribution is -2.17. The van der Waals surface area contributed by atoms with Crippen molar-refractivity contribution in [3.05, 3.63) is 64.7 Å². The molecule has 6 heteroatoms. The number of halogens is 1.